The fourth-order valence-corrected chi connectivity index (χ4v) is 1.68. The van der Waals surface area contributed by atoms with Crippen LogP contribution >= 0.6 is 0 Å². The van der Waals surface area contributed by atoms with Gasteiger partial charge in [0.05, 0.1) is 0 Å². The van der Waals surface area contributed by atoms with Gasteiger partial charge in [0.1, 0.15) is 0 Å². The molecule has 0 rings (SSSR count). The summed E-state index contributed by atoms with van der Waals surface area (Å²) in [5, 5.41) is 0. The molecule has 0 aliphatic rings. The van der Waals surface area contributed by atoms with E-state index in [4.69, 9.17) is 0 Å². The van der Waals surface area contributed by atoms with E-state index in [9.17, 15) is 0 Å². The van der Waals surface area contributed by atoms with Gasteiger partial charge in [-0.3, -0.25) is 0 Å². The molecule has 0 bridgehead atoms. The monoisotopic (exact) mass is 169 g/mol. The first-order chi connectivity index (χ1) is 5.62. The molecule has 0 nitrogen and oxygen atoms in total. The average molecular weight is 169 g/mol. The molecule has 0 unspecified atom stereocenters. The van der Waals surface area contributed by atoms with Crippen LogP contribution in [-0.4, -0.2) is 0 Å². The number of hydrogen-bond donors (Lipinski definition) is 0. The summed E-state index contributed by atoms with van der Waals surface area (Å²) in [5.41, 5.74) is 0.544. The van der Waals surface area contributed by atoms with Crippen LogP contribution in [0.4, 0.5) is 0 Å². The Morgan fingerprint density at radius 1 is 1.08 bits per heavy atom. The maximum Gasteiger partial charge on any atom is -0.0352 e. The molecule has 0 atom stereocenters. The predicted octanol–water partition coefficient (Wildman–Crippen LogP) is 4.60. The van der Waals surface area contributed by atoms with Gasteiger partial charge in [-0.2, -0.15) is 0 Å². The fraction of sp³-hybridized carbons (Fsp3) is 0.917. The number of hydrogen-bond acceptors (Lipinski definition) is 0. The number of unbranched alkanes of at least 4 members (excludes halogenated alkanes) is 3. The van der Waals surface area contributed by atoms with Crippen LogP contribution in [0.15, 0.2) is 0 Å². The summed E-state index contributed by atoms with van der Waals surface area (Å²) in [7, 11) is 0. The molecular formula is C12H25. The highest BCUT2D eigenvalue weighted by molar-refractivity contribution is 4.74. The van der Waals surface area contributed by atoms with Crippen molar-refractivity contribution in [2.24, 2.45) is 5.41 Å². The van der Waals surface area contributed by atoms with Crippen molar-refractivity contribution in [2.45, 2.75) is 66.2 Å². The maximum absolute atomic E-state index is 2.37. The normalized spacial score (nSPS) is 12.0. The molecule has 0 amide bonds. The second-order valence-corrected chi connectivity index (χ2v) is 4.59. The molecule has 0 aromatic rings. The van der Waals surface area contributed by atoms with Gasteiger partial charge in [-0.15, -0.1) is 0 Å². The van der Waals surface area contributed by atoms with E-state index in [1.54, 1.807) is 0 Å². The van der Waals surface area contributed by atoms with Gasteiger partial charge in [-0.1, -0.05) is 53.4 Å². The Kier molecular flexibility index (Phi) is 6.51. The molecule has 0 heteroatoms. The van der Waals surface area contributed by atoms with Gasteiger partial charge in [0, 0.05) is 0 Å². The van der Waals surface area contributed by atoms with Crippen molar-refractivity contribution in [3.8, 4) is 0 Å². The zero-order valence-electron chi connectivity index (χ0n) is 9.32. The Morgan fingerprint density at radius 2 is 1.75 bits per heavy atom. The minimum Gasteiger partial charge on any atom is -0.0654 e. The largest absolute Gasteiger partial charge is 0.0654 e. The van der Waals surface area contributed by atoms with E-state index < -0.39 is 0 Å². The molecule has 0 aromatic carbocycles. The van der Waals surface area contributed by atoms with Gasteiger partial charge < -0.3 is 0 Å². The molecule has 0 saturated heterocycles. The Hall–Kier alpha value is 0. The van der Waals surface area contributed by atoms with Crippen molar-refractivity contribution >= 4 is 0 Å². The topological polar surface area (TPSA) is 0 Å². The summed E-state index contributed by atoms with van der Waals surface area (Å²) in [5.74, 6) is 0. The molecule has 0 spiro atoms. The van der Waals surface area contributed by atoms with Crippen molar-refractivity contribution in [2.75, 3.05) is 0 Å². The van der Waals surface area contributed by atoms with E-state index in [0.717, 1.165) is 0 Å². The number of rotatable bonds is 7. The van der Waals surface area contributed by atoms with Crippen LogP contribution in [-0.2, 0) is 0 Å². The molecule has 1 radical (unpaired) electrons. The quantitative estimate of drug-likeness (QED) is 0.489. The highest BCUT2D eigenvalue weighted by atomic mass is 14.2. The standard InChI is InChI=1S/C12H25/c1-5-7-8-9-11-12(3,4)10-6-2/h6H,5,7-11H2,1-4H3. The summed E-state index contributed by atoms with van der Waals surface area (Å²) in [4.78, 5) is 0. The third-order valence-corrected chi connectivity index (χ3v) is 2.46. The summed E-state index contributed by atoms with van der Waals surface area (Å²) in [6.07, 6.45) is 10.5. The van der Waals surface area contributed by atoms with Gasteiger partial charge >= 0.3 is 0 Å². The van der Waals surface area contributed by atoms with Crippen LogP contribution in [0.1, 0.15) is 66.2 Å². The second kappa shape index (κ2) is 6.51. The van der Waals surface area contributed by atoms with Crippen LogP contribution in [0.3, 0.4) is 0 Å². The Morgan fingerprint density at radius 3 is 2.25 bits per heavy atom. The minimum atomic E-state index is 0.544. The first-order valence-electron chi connectivity index (χ1n) is 5.40. The van der Waals surface area contributed by atoms with E-state index in [2.05, 4.69) is 34.1 Å². The molecule has 0 fully saturated rings. The molecule has 73 valence electrons. The van der Waals surface area contributed by atoms with Gasteiger partial charge in [0.25, 0.3) is 0 Å². The SMILES string of the molecule is C[CH]CC(C)(C)CCCCCC. The first kappa shape index (κ1) is 12.0. The van der Waals surface area contributed by atoms with Crippen molar-refractivity contribution in [1.29, 1.82) is 0 Å². The predicted molar refractivity (Wildman–Crippen MR) is 57.1 cm³/mol. The zero-order valence-corrected chi connectivity index (χ0v) is 9.32. The average Bonchev–Trinajstić information content (AvgIpc) is 1.98. The van der Waals surface area contributed by atoms with Crippen LogP contribution in [0.2, 0.25) is 0 Å². The summed E-state index contributed by atoms with van der Waals surface area (Å²) in [6, 6.07) is 0. The maximum atomic E-state index is 2.37. The molecule has 12 heavy (non-hydrogen) atoms. The molecule has 0 N–H and O–H groups in total. The lowest BCUT2D eigenvalue weighted by Gasteiger charge is -2.23. The lowest BCUT2D eigenvalue weighted by molar-refractivity contribution is 0.314. The van der Waals surface area contributed by atoms with Crippen molar-refractivity contribution in [3.05, 3.63) is 6.42 Å². The highest BCUT2D eigenvalue weighted by Crippen LogP contribution is 2.28. The van der Waals surface area contributed by atoms with Crippen molar-refractivity contribution in [1.82, 2.24) is 0 Å². The van der Waals surface area contributed by atoms with E-state index in [-0.39, 0.29) is 0 Å². The third-order valence-electron chi connectivity index (χ3n) is 2.46. The van der Waals surface area contributed by atoms with Crippen molar-refractivity contribution in [3.63, 3.8) is 0 Å². The third kappa shape index (κ3) is 6.69. The van der Waals surface area contributed by atoms with Crippen LogP contribution < -0.4 is 0 Å². The molecule has 0 aromatic heterocycles. The lowest BCUT2D eigenvalue weighted by atomic mass is 9.83. The van der Waals surface area contributed by atoms with E-state index >= 15 is 0 Å². The zero-order chi connectivity index (χ0) is 9.45. The van der Waals surface area contributed by atoms with Gasteiger partial charge in [-0.25, -0.2) is 0 Å². The van der Waals surface area contributed by atoms with Crippen LogP contribution in [0.5, 0.6) is 0 Å². The van der Waals surface area contributed by atoms with E-state index in [0.29, 0.717) is 5.41 Å². The molecule has 0 saturated carbocycles. The summed E-state index contributed by atoms with van der Waals surface area (Å²) in [6.45, 7) is 9.18. The van der Waals surface area contributed by atoms with Crippen molar-refractivity contribution < 1.29 is 0 Å². The molecule has 0 aliphatic carbocycles. The van der Waals surface area contributed by atoms with Gasteiger partial charge in [0.2, 0.25) is 0 Å². The highest BCUT2D eigenvalue weighted by Gasteiger charge is 2.15. The molecule has 0 heterocycles. The second-order valence-electron chi connectivity index (χ2n) is 4.59. The van der Waals surface area contributed by atoms with E-state index in [1.807, 2.05) is 0 Å². The van der Waals surface area contributed by atoms with E-state index in [1.165, 1.54) is 38.5 Å². The Balaban J connectivity index is 3.33. The first-order valence-corrected chi connectivity index (χ1v) is 5.40. The summed E-state index contributed by atoms with van der Waals surface area (Å²) >= 11 is 0. The molecular weight excluding hydrogens is 144 g/mol. The fourth-order valence-electron chi connectivity index (χ4n) is 1.68. The molecule has 0 aliphatic heterocycles. The van der Waals surface area contributed by atoms with Crippen LogP contribution in [0.25, 0.3) is 0 Å². The lowest BCUT2D eigenvalue weighted by Crippen LogP contribution is -2.10. The smallest absolute Gasteiger partial charge is 0.0352 e. The Labute approximate surface area is 78.8 Å². The minimum absolute atomic E-state index is 0.544. The van der Waals surface area contributed by atoms with Gasteiger partial charge in [0.15, 0.2) is 0 Å². The summed E-state index contributed by atoms with van der Waals surface area (Å²) < 4.78 is 0. The van der Waals surface area contributed by atoms with Gasteiger partial charge in [-0.05, 0) is 24.7 Å². The van der Waals surface area contributed by atoms with Crippen LogP contribution in [0, 0.1) is 11.8 Å². The Bertz CT molecular complexity index is 92.2.